The highest BCUT2D eigenvalue weighted by atomic mass is 16.2. The van der Waals surface area contributed by atoms with Crippen molar-refractivity contribution < 1.29 is 9.59 Å². The summed E-state index contributed by atoms with van der Waals surface area (Å²) in [5, 5.41) is 2.51. The number of H-pyrrole nitrogens is 1. The Kier molecular flexibility index (Phi) is 2.46. The fourth-order valence-corrected chi connectivity index (χ4v) is 1.06. The fourth-order valence-electron chi connectivity index (χ4n) is 1.06. The highest BCUT2D eigenvalue weighted by Crippen LogP contribution is 2.12. The zero-order valence-electron chi connectivity index (χ0n) is 7.50. The van der Waals surface area contributed by atoms with E-state index in [9.17, 15) is 9.59 Å². The smallest absolute Gasteiger partial charge is 0.217 e. The van der Waals surface area contributed by atoms with E-state index in [1.165, 1.54) is 13.1 Å². The second kappa shape index (κ2) is 3.38. The maximum atomic E-state index is 10.8. The van der Waals surface area contributed by atoms with Crippen LogP contribution in [0.15, 0.2) is 12.4 Å². The van der Waals surface area contributed by atoms with Crippen LogP contribution in [-0.2, 0) is 15.1 Å². The van der Waals surface area contributed by atoms with E-state index >= 15 is 0 Å². The molecule has 0 aliphatic heterocycles. The van der Waals surface area contributed by atoms with Crippen LogP contribution >= 0.6 is 0 Å². The summed E-state index contributed by atoms with van der Waals surface area (Å²) in [6.45, 7) is 2.94. The van der Waals surface area contributed by atoms with Gasteiger partial charge in [-0.3, -0.25) is 4.79 Å². The maximum absolute atomic E-state index is 10.8. The molecule has 5 heteroatoms. The average Bonchev–Trinajstić information content (AvgIpc) is 2.55. The molecule has 0 spiro atoms. The molecular weight excluding hydrogens is 170 g/mol. The summed E-state index contributed by atoms with van der Waals surface area (Å²) in [6, 6.07) is 0. The van der Waals surface area contributed by atoms with Crippen molar-refractivity contribution >= 4 is 12.2 Å². The van der Waals surface area contributed by atoms with Gasteiger partial charge in [-0.05, 0) is 6.92 Å². The lowest BCUT2D eigenvalue weighted by atomic mass is 10.0. The molecule has 0 aliphatic carbocycles. The van der Waals surface area contributed by atoms with E-state index in [1.807, 2.05) is 0 Å². The Morgan fingerprint density at radius 2 is 2.46 bits per heavy atom. The van der Waals surface area contributed by atoms with Crippen molar-refractivity contribution in [2.75, 3.05) is 0 Å². The van der Waals surface area contributed by atoms with E-state index in [0.717, 1.165) is 0 Å². The maximum Gasteiger partial charge on any atom is 0.217 e. The van der Waals surface area contributed by atoms with E-state index in [2.05, 4.69) is 15.3 Å². The summed E-state index contributed by atoms with van der Waals surface area (Å²) in [5.41, 5.74) is -1.06. The number of imidazole rings is 1. The first kappa shape index (κ1) is 9.44. The third-order valence-corrected chi connectivity index (χ3v) is 1.66. The number of hydrogen-bond acceptors (Lipinski definition) is 3. The molecule has 1 aromatic rings. The molecule has 2 N–H and O–H groups in total. The molecule has 0 radical (unpaired) electrons. The fraction of sp³-hybridized carbons (Fsp3) is 0.375. The number of amides is 1. The molecule has 70 valence electrons. The van der Waals surface area contributed by atoms with Crippen LogP contribution in [0.3, 0.4) is 0 Å². The minimum Gasteiger partial charge on any atom is -0.346 e. The topological polar surface area (TPSA) is 74.8 Å². The Morgan fingerprint density at radius 1 is 1.77 bits per heavy atom. The average molecular weight is 181 g/mol. The third kappa shape index (κ3) is 1.93. The molecule has 1 aromatic heterocycles. The lowest BCUT2D eigenvalue weighted by Gasteiger charge is -2.20. The molecule has 0 aromatic carbocycles. The highest BCUT2D eigenvalue weighted by molar-refractivity contribution is 5.79. The molecule has 1 rings (SSSR count). The highest BCUT2D eigenvalue weighted by Gasteiger charge is 2.29. The first-order chi connectivity index (χ1) is 6.08. The molecule has 13 heavy (non-hydrogen) atoms. The largest absolute Gasteiger partial charge is 0.346 e. The molecule has 1 heterocycles. The van der Waals surface area contributed by atoms with E-state index in [1.54, 1.807) is 13.1 Å². The molecule has 1 atom stereocenters. The van der Waals surface area contributed by atoms with Gasteiger partial charge in [0.1, 0.15) is 5.82 Å². The standard InChI is InChI=1S/C8H11N3O2/c1-6(13)11-8(2,5-12)7-9-3-4-10-7/h3-5H,1-2H3,(H,9,10)(H,11,13). The molecular formula is C8H11N3O2. The zero-order chi connectivity index (χ0) is 9.90. The first-order valence-corrected chi connectivity index (χ1v) is 3.83. The summed E-state index contributed by atoms with van der Waals surface area (Å²) in [4.78, 5) is 28.3. The van der Waals surface area contributed by atoms with Crippen LogP contribution in [0.2, 0.25) is 0 Å². The lowest BCUT2D eigenvalue weighted by molar-refractivity contribution is -0.125. The van der Waals surface area contributed by atoms with Crippen LogP contribution in [0.25, 0.3) is 0 Å². The predicted molar refractivity (Wildman–Crippen MR) is 45.8 cm³/mol. The van der Waals surface area contributed by atoms with Gasteiger partial charge in [-0.15, -0.1) is 0 Å². The van der Waals surface area contributed by atoms with Gasteiger partial charge in [0, 0.05) is 19.3 Å². The van der Waals surface area contributed by atoms with Crippen LogP contribution in [-0.4, -0.2) is 22.2 Å². The number of carbonyl (C=O) groups is 2. The number of aromatic nitrogens is 2. The number of nitrogens with zero attached hydrogens (tertiary/aromatic N) is 1. The van der Waals surface area contributed by atoms with E-state index in [0.29, 0.717) is 12.1 Å². The molecule has 1 unspecified atom stereocenters. The molecule has 5 nitrogen and oxygen atoms in total. The second-order valence-corrected chi connectivity index (χ2v) is 2.94. The van der Waals surface area contributed by atoms with Gasteiger partial charge in [0.05, 0.1) is 0 Å². The minimum atomic E-state index is -1.06. The summed E-state index contributed by atoms with van der Waals surface area (Å²) in [7, 11) is 0. The van der Waals surface area contributed by atoms with Crippen molar-refractivity contribution in [3.05, 3.63) is 18.2 Å². The monoisotopic (exact) mass is 181 g/mol. The van der Waals surface area contributed by atoms with Crippen LogP contribution < -0.4 is 5.32 Å². The number of aromatic amines is 1. The Morgan fingerprint density at radius 3 is 2.85 bits per heavy atom. The van der Waals surface area contributed by atoms with E-state index < -0.39 is 5.54 Å². The van der Waals surface area contributed by atoms with Crippen molar-refractivity contribution in [1.82, 2.24) is 15.3 Å². The van der Waals surface area contributed by atoms with Gasteiger partial charge in [0.25, 0.3) is 0 Å². The second-order valence-electron chi connectivity index (χ2n) is 2.94. The van der Waals surface area contributed by atoms with Gasteiger partial charge >= 0.3 is 0 Å². The number of nitrogens with one attached hydrogen (secondary N) is 2. The third-order valence-electron chi connectivity index (χ3n) is 1.66. The van der Waals surface area contributed by atoms with Gasteiger partial charge < -0.3 is 15.1 Å². The Hall–Kier alpha value is -1.65. The van der Waals surface area contributed by atoms with Gasteiger partial charge in [-0.2, -0.15) is 0 Å². The van der Waals surface area contributed by atoms with Crippen LogP contribution in [0.5, 0.6) is 0 Å². The molecule has 0 fully saturated rings. The molecule has 0 aliphatic rings. The quantitative estimate of drug-likeness (QED) is 0.642. The Labute approximate surface area is 75.6 Å². The zero-order valence-corrected chi connectivity index (χ0v) is 7.50. The number of rotatable bonds is 3. The van der Waals surface area contributed by atoms with Gasteiger partial charge in [0.2, 0.25) is 5.91 Å². The summed E-state index contributed by atoms with van der Waals surface area (Å²) in [6.07, 6.45) is 3.77. The first-order valence-electron chi connectivity index (χ1n) is 3.83. The lowest BCUT2D eigenvalue weighted by Crippen LogP contribution is -2.44. The van der Waals surface area contributed by atoms with Crippen molar-refractivity contribution in [2.24, 2.45) is 0 Å². The Balaban J connectivity index is 2.94. The number of hydrogen-bond donors (Lipinski definition) is 2. The van der Waals surface area contributed by atoms with Crippen molar-refractivity contribution in [2.45, 2.75) is 19.4 Å². The molecule has 1 amide bonds. The van der Waals surface area contributed by atoms with Gasteiger partial charge in [-0.1, -0.05) is 0 Å². The van der Waals surface area contributed by atoms with Crippen molar-refractivity contribution in [3.63, 3.8) is 0 Å². The van der Waals surface area contributed by atoms with Gasteiger partial charge in [-0.25, -0.2) is 4.98 Å². The molecule has 0 bridgehead atoms. The summed E-state index contributed by atoms with van der Waals surface area (Å²) < 4.78 is 0. The van der Waals surface area contributed by atoms with Crippen LogP contribution in [0.1, 0.15) is 19.7 Å². The predicted octanol–water partition coefficient (Wildman–Crippen LogP) is -0.0401. The summed E-state index contributed by atoms with van der Waals surface area (Å²) in [5.74, 6) is 0.156. The number of aldehydes is 1. The van der Waals surface area contributed by atoms with Crippen molar-refractivity contribution in [3.8, 4) is 0 Å². The number of carbonyl (C=O) groups excluding carboxylic acids is 2. The van der Waals surface area contributed by atoms with E-state index in [4.69, 9.17) is 0 Å². The van der Waals surface area contributed by atoms with Gasteiger partial charge in [0.15, 0.2) is 11.8 Å². The SMILES string of the molecule is CC(=O)NC(C)(C=O)c1ncc[nH]1. The van der Waals surface area contributed by atoms with Crippen LogP contribution in [0.4, 0.5) is 0 Å². The summed E-state index contributed by atoms with van der Waals surface area (Å²) >= 11 is 0. The normalized spacial score (nSPS) is 14.6. The molecule has 0 saturated carbocycles. The Bertz CT molecular complexity index is 307. The van der Waals surface area contributed by atoms with Crippen molar-refractivity contribution in [1.29, 1.82) is 0 Å². The molecule has 0 saturated heterocycles. The van der Waals surface area contributed by atoms with Crippen LogP contribution in [0, 0.1) is 0 Å². The minimum absolute atomic E-state index is 0.272. The van der Waals surface area contributed by atoms with E-state index in [-0.39, 0.29) is 5.91 Å².